The average molecular weight is 955 g/mol. The van der Waals surface area contributed by atoms with E-state index < -0.39 is 0 Å². The van der Waals surface area contributed by atoms with Gasteiger partial charge in [-0.15, -0.1) is 0 Å². The maximum absolute atomic E-state index is 5.56. The molecule has 0 fully saturated rings. The molecule has 0 unspecified atom stereocenters. The van der Waals surface area contributed by atoms with Gasteiger partial charge in [0.05, 0.1) is 38.8 Å². The van der Waals surface area contributed by atoms with Crippen molar-refractivity contribution in [3.8, 4) is 51.2 Å². The van der Waals surface area contributed by atoms with Gasteiger partial charge in [0, 0.05) is 54.7 Å². The first kappa shape index (κ1) is 41.4. The molecule has 6 nitrogen and oxygen atoms in total. The van der Waals surface area contributed by atoms with Gasteiger partial charge in [0.2, 0.25) is 5.95 Å². The lowest BCUT2D eigenvalue weighted by Gasteiger charge is -2.17. The molecular formula is C69H42N6. The first-order chi connectivity index (χ1) is 37.2. The molecule has 4 aromatic heterocycles. The van der Waals surface area contributed by atoms with Gasteiger partial charge in [-0.1, -0.05) is 206 Å². The van der Waals surface area contributed by atoms with Crippen molar-refractivity contribution in [3.63, 3.8) is 0 Å². The van der Waals surface area contributed by atoms with Crippen LogP contribution in [-0.4, -0.2) is 28.7 Å². The number of hydrogen-bond acceptors (Lipinski definition) is 3. The van der Waals surface area contributed by atoms with E-state index in [9.17, 15) is 0 Å². The predicted molar refractivity (Wildman–Crippen MR) is 312 cm³/mol. The van der Waals surface area contributed by atoms with E-state index in [1.165, 1.54) is 48.5 Å². The summed E-state index contributed by atoms with van der Waals surface area (Å²) in [6.45, 7) is 0. The quantitative estimate of drug-likeness (QED) is 0.156. The fourth-order valence-corrected chi connectivity index (χ4v) is 12.2. The molecule has 75 heavy (non-hydrogen) atoms. The van der Waals surface area contributed by atoms with E-state index in [1.807, 2.05) is 18.2 Å². The second kappa shape index (κ2) is 16.2. The number of fused-ring (bicyclic) bond motifs is 16. The number of para-hydroxylation sites is 5. The summed E-state index contributed by atoms with van der Waals surface area (Å²) in [5.41, 5.74) is 12.7. The molecule has 6 heteroatoms. The summed E-state index contributed by atoms with van der Waals surface area (Å²) in [6.07, 6.45) is 0. The Hall–Kier alpha value is -10.2. The number of nitrogens with zero attached hydrogens (tertiary/aromatic N) is 6. The smallest absolute Gasteiger partial charge is 0.238 e. The van der Waals surface area contributed by atoms with Gasteiger partial charge in [-0.25, -0.2) is 4.98 Å². The highest BCUT2D eigenvalue weighted by Gasteiger charge is 2.25. The van der Waals surface area contributed by atoms with Gasteiger partial charge in [0.15, 0.2) is 11.6 Å². The summed E-state index contributed by atoms with van der Waals surface area (Å²) in [5.74, 6) is 1.73. The molecule has 4 heterocycles. The zero-order valence-corrected chi connectivity index (χ0v) is 40.4. The van der Waals surface area contributed by atoms with E-state index >= 15 is 0 Å². The summed E-state index contributed by atoms with van der Waals surface area (Å²) in [4.78, 5) is 16.3. The Kier molecular flexibility index (Phi) is 8.94. The highest BCUT2D eigenvalue weighted by atomic mass is 15.2. The molecule has 0 radical (unpaired) electrons. The van der Waals surface area contributed by atoms with Crippen molar-refractivity contribution >= 4 is 97.7 Å². The highest BCUT2D eigenvalue weighted by Crippen LogP contribution is 2.45. The third-order valence-corrected chi connectivity index (χ3v) is 15.5. The van der Waals surface area contributed by atoms with E-state index in [4.69, 9.17) is 15.0 Å². The summed E-state index contributed by atoms with van der Waals surface area (Å²) < 4.78 is 7.11. The summed E-state index contributed by atoms with van der Waals surface area (Å²) >= 11 is 0. The zero-order chi connectivity index (χ0) is 49.1. The Morgan fingerprint density at radius 1 is 0.240 bits per heavy atom. The van der Waals surface area contributed by atoms with Gasteiger partial charge in [-0.05, 0) is 86.4 Å². The molecule has 16 aromatic rings. The third kappa shape index (κ3) is 6.17. The summed E-state index contributed by atoms with van der Waals surface area (Å²) in [5, 5.41) is 14.4. The first-order valence-electron chi connectivity index (χ1n) is 25.5. The van der Waals surface area contributed by atoms with Gasteiger partial charge >= 0.3 is 0 Å². The van der Waals surface area contributed by atoms with Gasteiger partial charge in [0.25, 0.3) is 0 Å². The molecule has 0 spiro atoms. The van der Waals surface area contributed by atoms with Crippen LogP contribution in [0.1, 0.15) is 0 Å². The molecule has 0 saturated heterocycles. The van der Waals surface area contributed by atoms with Gasteiger partial charge in [0.1, 0.15) is 0 Å². The molecule has 348 valence electrons. The minimum absolute atomic E-state index is 0.542. The van der Waals surface area contributed by atoms with Crippen LogP contribution in [0.3, 0.4) is 0 Å². The molecule has 0 aliphatic carbocycles. The first-order valence-corrected chi connectivity index (χ1v) is 25.5. The van der Waals surface area contributed by atoms with Crippen LogP contribution in [0.4, 0.5) is 0 Å². The van der Waals surface area contributed by atoms with Crippen LogP contribution in [0.2, 0.25) is 0 Å². The van der Waals surface area contributed by atoms with E-state index in [0.29, 0.717) is 17.6 Å². The normalized spacial score (nSPS) is 12.0. The molecule has 0 aliphatic rings. The standard InChI is InChI=1S/C69H42N6/c1-3-19-43(20-4-1)67-70-68(45-36-38-56-53-28-12-16-32-61(53)73(64(56)42-45)46-21-5-2-6-22-46)72-69(71-67)75-63-34-18-14-30-55(63)58-40-39-57-54-29-13-17-33-62(54)74(65(57)66(58)75)60-31-15-11-23-47(60)44-35-37-52-50-26-8-7-24-48(50)49-25-9-10-27-51(49)59(52)41-44/h1-42H. The van der Waals surface area contributed by atoms with Crippen LogP contribution in [0, 0.1) is 0 Å². The number of hydrogen-bond donors (Lipinski definition) is 0. The predicted octanol–water partition coefficient (Wildman–Crippen LogP) is 17.6. The van der Waals surface area contributed by atoms with Gasteiger partial charge < -0.3 is 9.13 Å². The molecule has 0 saturated carbocycles. The van der Waals surface area contributed by atoms with Crippen LogP contribution >= 0.6 is 0 Å². The topological polar surface area (TPSA) is 53.5 Å². The monoisotopic (exact) mass is 954 g/mol. The van der Waals surface area contributed by atoms with Crippen molar-refractivity contribution in [2.45, 2.75) is 0 Å². The second-order valence-corrected chi connectivity index (χ2v) is 19.5. The van der Waals surface area contributed by atoms with Crippen LogP contribution in [0.15, 0.2) is 255 Å². The molecule has 16 rings (SSSR count). The minimum Gasteiger partial charge on any atom is -0.309 e. The van der Waals surface area contributed by atoms with Crippen LogP contribution < -0.4 is 0 Å². The molecule has 0 aliphatic heterocycles. The SMILES string of the molecule is c1ccc(-c2nc(-c3ccc4c5ccccc5n(-c5ccccc5)c4c3)nc(-n3c4ccccc4c4ccc5c6ccccc6n(-c6ccccc6-c6ccc7c8ccccc8c8ccccc8c7c6)c5c43)n2)cc1. The lowest BCUT2D eigenvalue weighted by molar-refractivity contribution is 0.953. The Morgan fingerprint density at radius 2 is 0.667 bits per heavy atom. The van der Waals surface area contributed by atoms with E-state index in [-0.39, 0.29) is 0 Å². The van der Waals surface area contributed by atoms with Crippen molar-refractivity contribution < 1.29 is 0 Å². The molecule has 0 amide bonds. The Morgan fingerprint density at radius 3 is 1.32 bits per heavy atom. The van der Waals surface area contributed by atoms with Gasteiger partial charge in [-0.3, -0.25) is 4.57 Å². The van der Waals surface area contributed by atoms with Crippen LogP contribution in [0.5, 0.6) is 0 Å². The van der Waals surface area contributed by atoms with Crippen LogP contribution in [-0.2, 0) is 0 Å². The second-order valence-electron chi connectivity index (χ2n) is 19.5. The summed E-state index contributed by atoms with van der Waals surface area (Å²) in [7, 11) is 0. The molecule has 0 atom stereocenters. The van der Waals surface area contributed by atoms with E-state index in [1.54, 1.807) is 0 Å². The Balaban J connectivity index is 0.983. The number of benzene rings is 12. The molecule has 12 aromatic carbocycles. The van der Waals surface area contributed by atoms with Gasteiger partial charge in [-0.2, -0.15) is 9.97 Å². The lowest BCUT2D eigenvalue weighted by atomic mass is 9.92. The highest BCUT2D eigenvalue weighted by molar-refractivity contribution is 6.27. The minimum atomic E-state index is 0.542. The molecule has 0 N–H and O–H groups in total. The van der Waals surface area contributed by atoms with E-state index in [2.05, 4.69) is 250 Å². The zero-order valence-electron chi connectivity index (χ0n) is 40.4. The van der Waals surface area contributed by atoms with Crippen molar-refractivity contribution in [1.29, 1.82) is 0 Å². The van der Waals surface area contributed by atoms with Crippen molar-refractivity contribution in [2.24, 2.45) is 0 Å². The summed E-state index contributed by atoms with van der Waals surface area (Å²) in [6, 6.07) is 91.7. The average Bonchev–Trinajstić information content (AvgIpc) is 4.21. The number of rotatable bonds is 6. The maximum atomic E-state index is 5.56. The largest absolute Gasteiger partial charge is 0.309 e. The van der Waals surface area contributed by atoms with Crippen LogP contribution in [0.25, 0.3) is 149 Å². The van der Waals surface area contributed by atoms with E-state index in [0.717, 1.165) is 82.9 Å². The molecule has 0 bridgehead atoms. The fourth-order valence-electron chi connectivity index (χ4n) is 12.2. The lowest BCUT2D eigenvalue weighted by Crippen LogP contribution is -2.07. The van der Waals surface area contributed by atoms with Crippen molar-refractivity contribution in [2.75, 3.05) is 0 Å². The van der Waals surface area contributed by atoms with Crippen molar-refractivity contribution in [1.82, 2.24) is 28.7 Å². The maximum Gasteiger partial charge on any atom is 0.238 e. The third-order valence-electron chi connectivity index (χ3n) is 15.5. The Labute approximate surface area is 430 Å². The fraction of sp³-hybridized carbons (Fsp3) is 0. The molecular weight excluding hydrogens is 913 g/mol. The van der Waals surface area contributed by atoms with Crippen molar-refractivity contribution in [3.05, 3.63) is 255 Å². The Bertz CT molecular complexity index is 4970. The number of aromatic nitrogens is 6.